The van der Waals surface area contributed by atoms with Gasteiger partial charge in [0.1, 0.15) is 10.8 Å². The molecule has 1 atom stereocenters. The average Bonchev–Trinajstić information content (AvgIpc) is 3.42. The molecule has 2 amide bonds. The smallest absolute Gasteiger partial charge is 0.310 e. The maximum absolute atomic E-state index is 13.8. The second-order valence-corrected chi connectivity index (χ2v) is 10.3. The van der Waals surface area contributed by atoms with E-state index in [1.807, 2.05) is 46.6 Å². The quantitative estimate of drug-likeness (QED) is 0.313. The number of aryl methyl sites for hydroxylation is 1. The third kappa shape index (κ3) is 3.71. The molecule has 4 aromatic rings. The van der Waals surface area contributed by atoms with Crippen LogP contribution in [0.2, 0.25) is 5.02 Å². The van der Waals surface area contributed by atoms with Gasteiger partial charge in [-0.25, -0.2) is 9.18 Å². The van der Waals surface area contributed by atoms with Gasteiger partial charge in [0, 0.05) is 27.3 Å². The van der Waals surface area contributed by atoms with Crippen molar-refractivity contribution in [2.75, 3.05) is 5.32 Å². The lowest BCUT2D eigenvalue weighted by Crippen LogP contribution is -2.38. The van der Waals surface area contributed by atoms with Crippen molar-refractivity contribution >= 4 is 34.7 Å². The highest BCUT2D eigenvalue weighted by Crippen LogP contribution is 2.44. The fourth-order valence-corrected chi connectivity index (χ4v) is 6.75. The molecule has 0 saturated heterocycles. The number of carbonyl (C=O) groups is 1. The third-order valence-corrected chi connectivity index (χ3v) is 8.27. The number of thiophene rings is 1. The number of carbonyl (C=O) groups excluding carboxylic acids is 1. The highest BCUT2D eigenvalue weighted by atomic mass is 35.5. The van der Waals surface area contributed by atoms with Gasteiger partial charge in [0.05, 0.1) is 18.3 Å². The van der Waals surface area contributed by atoms with Crippen LogP contribution in [-0.2, 0) is 19.4 Å². The van der Waals surface area contributed by atoms with E-state index in [-0.39, 0.29) is 17.9 Å². The van der Waals surface area contributed by atoms with Crippen LogP contribution in [0.3, 0.4) is 0 Å². The third-order valence-electron chi connectivity index (χ3n) is 6.70. The summed E-state index contributed by atoms with van der Waals surface area (Å²) >= 11 is 8.24. The largest absolute Gasteiger partial charge is 0.322 e. The van der Waals surface area contributed by atoms with Gasteiger partial charge in [0.2, 0.25) is 0 Å². The molecule has 3 heterocycles. The zero-order valence-corrected chi connectivity index (χ0v) is 20.0. The van der Waals surface area contributed by atoms with Gasteiger partial charge in [-0.15, -0.1) is 11.3 Å². The molecular weight excluding hydrogens is 469 g/mol. The number of fused-ring (bicyclic) bond motifs is 5. The summed E-state index contributed by atoms with van der Waals surface area (Å²) in [4.78, 5) is 17.1. The molecule has 172 valence electrons. The number of halogens is 2. The van der Waals surface area contributed by atoms with Crippen molar-refractivity contribution in [3.8, 4) is 5.00 Å². The highest BCUT2D eigenvalue weighted by molar-refractivity contribution is 7.15. The summed E-state index contributed by atoms with van der Waals surface area (Å²) in [5.41, 5.74) is 5.16. The molecule has 34 heavy (non-hydrogen) atoms. The monoisotopic (exact) mass is 491 g/mol. The van der Waals surface area contributed by atoms with Crippen LogP contribution >= 0.6 is 22.9 Å². The van der Waals surface area contributed by atoms with Crippen LogP contribution < -0.4 is 5.32 Å². The van der Waals surface area contributed by atoms with Crippen LogP contribution in [-0.4, -0.2) is 15.5 Å². The van der Waals surface area contributed by atoms with E-state index in [4.69, 9.17) is 11.6 Å². The lowest BCUT2D eigenvalue weighted by atomic mass is 9.95. The number of hydrogen-bond donors (Lipinski definition) is 1. The van der Waals surface area contributed by atoms with Gasteiger partial charge in [-0.3, -0.25) is 0 Å². The number of nitrogens with zero attached hydrogens (tertiary/aromatic N) is 2. The van der Waals surface area contributed by atoms with Gasteiger partial charge >= 0.3 is 6.03 Å². The molecule has 4 nitrogen and oxygen atoms in total. The minimum atomic E-state index is -0.336. The Morgan fingerprint density at radius 3 is 2.68 bits per heavy atom. The Hall–Kier alpha value is -3.09. The lowest BCUT2D eigenvalue weighted by molar-refractivity contribution is 0.194. The van der Waals surface area contributed by atoms with Crippen molar-refractivity contribution in [3.05, 3.63) is 105 Å². The molecule has 2 aliphatic rings. The summed E-state index contributed by atoms with van der Waals surface area (Å²) in [6.45, 7) is 0.493. The molecule has 2 aromatic heterocycles. The molecule has 0 unspecified atom stereocenters. The summed E-state index contributed by atoms with van der Waals surface area (Å²) in [5.74, 6) is -0.336. The van der Waals surface area contributed by atoms with Gasteiger partial charge in [0.25, 0.3) is 0 Å². The standard InChI is InChI=1S/C27H23ClFN3OS/c28-18-6-3-5-17(15-18)25-23-8-4-14-31(23)26-22(21-7-1-2-9-24(21)34-26)16-32(25)27(33)30-20-12-10-19(29)11-13-20/h3-6,8,10-15,25H,1-2,7,9,16H2,(H,30,33)/t25-/m0/s1. The van der Waals surface area contributed by atoms with E-state index >= 15 is 0 Å². The average molecular weight is 492 g/mol. The SMILES string of the molecule is O=C(Nc1ccc(F)cc1)N1Cc2c(sc3c2CCCC3)-n2cccc2[C@@H]1c1cccc(Cl)c1. The first kappa shape index (κ1) is 21.4. The zero-order valence-electron chi connectivity index (χ0n) is 18.4. The Labute approximate surface area is 206 Å². The maximum Gasteiger partial charge on any atom is 0.322 e. The Kier molecular flexibility index (Phi) is 5.42. The lowest BCUT2D eigenvalue weighted by Gasteiger charge is -2.31. The van der Waals surface area contributed by atoms with Crippen molar-refractivity contribution in [2.24, 2.45) is 0 Å². The van der Waals surface area contributed by atoms with E-state index < -0.39 is 0 Å². The Balaban J connectivity index is 1.50. The summed E-state index contributed by atoms with van der Waals surface area (Å²) in [7, 11) is 0. The van der Waals surface area contributed by atoms with Crippen molar-refractivity contribution in [1.29, 1.82) is 0 Å². The molecule has 7 heteroatoms. The number of rotatable bonds is 2. The molecule has 2 aromatic carbocycles. The van der Waals surface area contributed by atoms with Gasteiger partial charge in [-0.1, -0.05) is 23.7 Å². The molecule has 1 aliphatic carbocycles. The number of urea groups is 1. The van der Waals surface area contributed by atoms with Gasteiger partial charge in [0.15, 0.2) is 0 Å². The number of aromatic nitrogens is 1. The molecule has 0 saturated carbocycles. The number of nitrogens with one attached hydrogen (secondary N) is 1. The van der Waals surface area contributed by atoms with E-state index in [9.17, 15) is 9.18 Å². The van der Waals surface area contributed by atoms with E-state index in [0.29, 0.717) is 17.3 Å². The fraction of sp³-hybridized carbons (Fsp3) is 0.222. The van der Waals surface area contributed by atoms with Gasteiger partial charge in [-0.05, 0) is 85.3 Å². The Morgan fingerprint density at radius 2 is 1.85 bits per heavy atom. The molecule has 6 rings (SSSR count). The Bertz CT molecular complexity index is 1380. The number of amides is 2. The van der Waals surface area contributed by atoms with Crippen molar-refractivity contribution < 1.29 is 9.18 Å². The van der Waals surface area contributed by atoms with Crippen LogP contribution in [0.15, 0.2) is 66.9 Å². The molecule has 0 spiro atoms. The van der Waals surface area contributed by atoms with Crippen LogP contribution in [0.1, 0.15) is 46.1 Å². The molecule has 0 bridgehead atoms. The minimum absolute atomic E-state index is 0.229. The van der Waals surface area contributed by atoms with Crippen molar-refractivity contribution in [1.82, 2.24) is 9.47 Å². The van der Waals surface area contributed by atoms with Crippen LogP contribution in [0.5, 0.6) is 0 Å². The predicted molar refractivity (Wildman–Crippen MR) is 135 cm³/mol. The van der Waals surface area contributed by atoms with Crippen LogP contribution in [0.25, 0.3) is 5.00 Å². The topological polar surface area (TPSA) is 37.3 Å². The second-order valence-electron chi connectivity index (χ2n) is 8.82. The number of anilines is 1. The molecular formula is C27H23ClFN3OS. The van der Waals surface area contributed by atoms with Crippen LogP contribution in [0.4, 0.5) is 14.9 Å². The first-order valence-electron chi connectivity index (χ1n) is 11.5. The summed E-state index contributed by atoms with van der Waals surface area (Å²) in [6.07, 6.45) is 6.63. The Morgan fingerprint density at radius 1 is 1.03 bits per heavy atom. The predicted octanol–water partition coefficient (Wildman–Crippen LogP) is 7.35. The molecule has 1 N–H and O–H groups in total. The molecule has 1 aliphatic heterocycles. The van der Waals surface area contributed by atoms with Gasteiger partial charge < -0.3 is 14.8 Å². The number of benzene rings is 2. The summed E-state index contributed by atoms with van der Waals surface area (Å²) < 4.78 is 15.7. The fourth-order valence-electron chi connectivity index (χ4n) is 5.14. The normalized spacial score (nSPS) is 16.9. The van der Waals surface area contributed by atoms with E-state index in [2.05, 4.69) is 22.1 Å². The van der Waals surface area contributed by atoms with E-state index in [0.717, 1.165) is 24.1 Å². The highest BCUT2D eigenvalue weighted by Gasteiger charge is 2.36. The first-order chi connectivity index (χ1) is 16.6. The van der Waals surface area contributed by atoms with Gasteiger partial charge in [-0.2, -0.15) is 0 Å². The first-order valence-corrected chi connectivity index (χ1v) is 12.7. The molecule has 0 radical (unpaired) electrons. The molecule has 0 fully saturated rings. The maximum atomic E-state index is 13.8. The second kappa shape index (κ2) is 8.60. The summed E-state index contributed by atoms with van der Waals surface area (Å²) in [6, 6.07) is 17.1. The van der Waals surface area contributed by atoms with E-state index in [1.54, 1.807) is 12.1 Å². The number of hydrogen-bond acceptors (Lipinski definition) is 2. The van der Waals surface area contributed by atoms with Crippen LogP contribution in [0, 0.1) is 5.82 Å². The van der Waals surface area contributed by atoms with Crippen molar-refractivity contribution in [3.63, 3.8) is 0 Å². The van der Waals surface area contributed by atoms with E-state index in [1.165, 1.54) is 46.0 Å². The zero-order chi connectivity index (χ0) is 23.2. The minimum Gasteiger partial charge on any atom is -0.310 e. The summed E-state index contributed by atoms with van der Waals surface area (Å²) in [5, 5.41) is 4.82. The van der Waals surface area contributed by atoms with Crippen molar-refractivity contribution in [2.45, 2.75) is 38.3 Å².